The van der Waals surface area contributed by atoms with Crippen molar-refractivity contribution in [2.24, 2.45) is 5.92 Å². The zero-order valence-electron chi connectivity index (χ0n) is 10.1. The predicted octanol–water partition coefficient (Wildman–Crippen LogP) is 2.27. The van der Waals surface area contributed by atoms with Crippen LogP contribution in [0.2, 0.25) is 0 Å². The van der Waals surface area contributed by atoms with E-state index in [1.54, 1.807) is 0 Å². The monoisotopic (exact) mass is 227 g/mol. The zero-order valence-corrected chi connectivity index (χ0v) is 10.1. The summed E-state index contributed by atoms with van der Waals surface area (Å²) in [5.74, 6) is 0.220. The lowest BCUT2D eigenvalue weighted by atomic mass is 9.89. The Morgan fingerprint density at radius 1 is 1.44 bits per heavy atom. The maximum Gasteiger partial charge on any atom is 0.407 e. The Hall–Kier alpha value is -1.06. The van der Waals surface area contributed by atoms with Crippen LogP contribution in [0.4, 0.5) is 4.79 Å². The van der Waals surface area contributed by atoms with Gasteiger partial charge in [-0.3, -0.25) is 4.79 Å². The molecule has 1 N–H and O–H groups in total. The van der Waals surface area contributed by atoms with Crippen LogP contribution in [0.25, 0.3) is 0 Å². The topological polar surface area (TPSA) is 55.4 Å². The van der Waals surface area contributed by atoms with Crippen molar-refractivity contribution in [3.63, 3.8) is 0 Å². The molecule has 92 valence electrons. The van der Waals surface area contributed by atoms with E-state index in [1.165, 1.54) is 0 Å². The first-order valence-electron chi connectivity index (χ1n) is 6.16. The van der Waals surface area contributed by atoms with Gasteiger partial charge in [-0.05, 0) is 12.8 Å². The van der Waals surface area contributed by atoms with E-state index >= 15 is 0 Å². The van der Waals surface area contributed by atoms with Gasteiger partial charge in [0.05, 0.1) is 0 Å². The molecular formula is C12H21NO3. The summed E-state index contributed by atoms with van der Waals surface area (Å²) in [5.41, 5.74) is 0. The SMILES string of the molecule is CCCCC(CCC)C(=O)[C@@H]1COC(=O)N1. The number of cyclic esters (lactones) is 1. The van der Waals surface area contributed by atoms with E-state index in [1.807, 2.05) is 0 Å². The van der Waals surface area contributed by atoms with Gasteiger partial charge in [0.2, 0.25) is 0 Å². The highest BCUT2D eigenvalue weighted by Crippen LogP contribution is 2.19. The molecule has 4 nitrogen and oxygen atoms in total. The van der Waals surface area contributed by atoms with Crippen molar-refractivity contribution in [2.75, 3.05) is 6.61 Å². The fraction of sp³-hybridized carbons (Fsp3) is 0.833. The first-order chi connectivity index (χ1) is 7.69. The Labute approximate surface area is 96.7 Å². The molecule has 1 saturated heterocycles. The lowest BCUT2D eigenvalue weighted by Crippen LogP contribution is -2.38. The number of carbonyl (C=O) groups is 2. The number of ether oxygens (including phenoxy) is 1. The molecule has 0 aromatic heterocycles. The molecule has 1 unspecified atom stereocenters. The van der Waals surface area contributed by atoms with Gasteiger partial charge in [-0.1, -0.05) is 33.1 Å². The normalized spacial score (nSPS) is 21.4. The number of carbonyl (C=O) groups excluding carboxylic acids is 2. The van der Waals surface area contributed by atoms with Gasteiger partial charge in [0.25, 0.3) is 0 Å². The van der Waals surface area contributed by atoms with Crippen LogP contribution in [-0.2, 0) is 9.53 Å². The summed E-state index contributed by atoms with van der Waals surface area (Å²) >= 11 is 0. The van der Waals surface area contributed by atoms with Crippen LogP contribution >= 0.6 is 0 Å². The number of nitrogens with one attached hydrogen (secondary N) is 1. The van der Waals surface area contributed by atoms with Gasteiger partial charge in [-0.15, -0.1) is 0 Å². The number of Topliss-reactive ketones (excluding diaryl/α,β-unsaturated/α-hetero) is 1. The molecule has 0 aliphatic carbocycles. The summed E-state index contributed by atoms with van der Waals surface area (Å²) < 4.78 is 4.75. The lowest BCUT2D eigenvalue weighted by molar-refractivity contribution is -0.125. The molecule has 1 aliphatic rings. The molecule has 0 aromatic rings. The smallest absolute Gasteiger partial charge is 0.407 e. The Kier molecular flexibility index (Phi) is 5.29. The highest BCUT2D eigenvalue weighted by Gasteiger charge is 2.32. The van der Waals surface area contributed by atoms with Crippen LogP contribution in [0.3, 0.4) is 0 Å². The van der Waals surface area contributed by atoms with E-state index in [-0.39, 0.29) is 18.3 Å². The van der Waals surface area contributed by atoms with Crippen molar-refractivity contribution >= 4 is 11.9 Å². The van der Waals surface area contributed by atoms with Gasteiger partial charge in [0, 0.05) is 5.92 Å². The summed E-state index contributed by atoms with van der Waals surface area (Å²) in [7, 11) is 0. The third kappa shape index (κ3) is 3.51. The Morgan fingerprint density at radius 3 is 2.69 bits per heavy atom. The molecular weight excluding hydrogens is 206 g/mol. The van der Waals surface area contributed by atoms with Crippen molar-refractivity contribution < 1.29 is 14.3 Å². The molecule has 16 heavy (non-hydrogen) atoms. The van der Waals surface area contributed by atoms with Crippen molar-refractivity contribution in [1.82, 2.24) is 5.32 Å². The number of amides is 1. The average Bonchev–Trinajstić information content (AvgIpc) is 2.70. The molecule has 1 rings (SSSR count). The number of rotatable bonds is 7. The lowest BCUT2D eigenvalue weighted by Gasteiger charge is -2.17. The summed E-state index contributed by atoms with van der Waals surface area (Å²) in [4.78, 5) is 23.0. The minimum Gasteiger partial charge on any atom is -0.447 e. The number of alkyl carbamates (subject to hydrolysis) is 1. The van der Waals surface area contributed by atoms with Crippen molar-refractivity contribution in [3.8, 4) is 0 Å². The van der Waals surface area contributed by atoms with Crippen LogP contribution in [0.15, 0.2) is 0 Å². The predicted molar refractivity (Wildman–Crippen MR) is 61.2 cm³/mol. The number of hydrogen-bond donors (Lipinski definition) is 1. The second-order valence-electron chi connectivity index (χ2n) is 4.33. The minimum atomic E-state index is -0.468. The Bertz CT molecular complexity index is 253. The standard InChI is InChI=1S/C12H21NO3/c1-3-5-7-9(6-4-2)11(14)10-8-16-12(15)13-10/h9-10H,3-8H2,1-2H3,(H,13,15)/t9?,10-/m0/s1. The van der Waals surface area contributed by atoms with Gasteiger partial charge in [-0.2, -0.15) is 0 Å². The van der Waals surface area contributed by atoms with Crippen molar-refractivity contribution in [2.45, 2.75) is 52.0 Å². The quantitative estimate of drug-likeness (QED) is 0.726. The average molecular weight is 227 g/mol. The first-order valence-corrected chi connectivity index (χ1v) is 6.16. The van der Waals surface area contributed by atoms with Crippen molar-refractivity contribution in [1.29, 1.82) is 0 Å². The Morgan fingerprint density at radius 2 is 2.19 bits per heavy atom. The van der Waals surface area contributed by atoms with Crippen LogP contribution in [0.5, 0.6) is 0 Å². The maximum atomic E-state index is 12.1. The number of hydrogen-bond acceptors (Lipinski definition) is 3. The van der Waals surface area contributed by atoms with Gasteiger partial charge < -0.3 is 10.1 Å². The summed E-state index contributed by atoms with van der Waals surface area (Å²) in [6, 6.07) is -0.416. The molecule has 2 atom stereocenters. The molecule has 0 bridgehead atoms. The van der Waals surface area contributed by atoms with Gasteiger partial charge in [0.1, 0.15) is 12.6 Å². The molecule has 0 radical (unpaired) electrons. The van der Waals surface area contributed by atoms with Crippen LogP contribution in [0, 0.1) is 5.92 Å². The summed E-state index contributed by atoms with van der Waals surface area (Å²) in [5, 5.41) is 2.56. The van der Waals surface area contributed by atoms with E-state index < -0.39 is 12.1 Å². The highest BCUT2D eigenvalue weighted by molar-refractivity contribution is 5.91. The van der Waals surface area contributed by atoms with Crippen molar-refractivity contribution in [3.05, 3.63) is 0 Å². The molecule has 0 spiro atoms. The van der Waals surface area contributed by atoms with E-state index in [0.717, 1.165) is 32.1 Å². The van der Waals surface area contributed by atoms with E-state index in [0.29, 0.717) is 0 Å². The first kappa shape index (κ1) is 13.0. The van der Waals surface area contributed by atoms with Gasteiger partial charge >= 0.3 is 6.09 Å². The fourth-order valence-corrected chi connectivity index (χ4v) is 2.05. The maximum absolute atomic E-state index is 12.1. The van der Waals surface area contributed by atoms with E-state index in [4.69, 9.17) is 4.74 Å². The van der Waals surface area contributed by atoms with E-state index in [9.17, 15) is 9.59 Å². The molecule has 1 heterocycles. The summed E-state index contributed by atoms with van der Waals surface area (Å²) in [6.07, 6.45) is 4.53. The number of unbranched alkanes of at least 4 members (excludes halogenated alkanes) is 1. The molecule has 4 heteroatoms. The second-order valence-corrected chi connectivity index (χ2v) is 4.33. The van der Waals surface area contributed by atoms with Crippen LogP contribution in [0.1, 0.15) is 46.0 Å². The second kappa shape index (κ2) is 6.51. The highest BCUT2D eigenvalue weighted by atomic mass is 16.6. The molecule has 1 amide bonds. The minimum absolute atomic E-state index is 0.0805. The van der Waals surface area contributed by atoms with Gasteiger partial charge in [0.15, 0.2) is 5.78 Å². The van der Waals surface area contributed by atoms with Gasteiger partial charge in [-0.25, -0.2) is 4.79 Å². The third-order valence-electron chi connectivity index (χ3n) is 2.96. The third-order valence-corrected chi connectivity index (χ3v) is 2.96. The molecule has 0 saturated carbocycles. The Balaban J connectivity index is 2.48. The van der Waals surface area contributed by atoms with Crippen LogP contribution in [-0.4, -0.2) is 24.5 Å². The summed E-state index contributed by atoms with van der Waals surface area (Å²) in [6.45, 7) is 4.40. The zero-order chi connectivity index (χ0) is 12.0. The number of ketones is 1. The fourth-order valence-electron chi connectivity index (χ4n) is 2.05. The molecule has 1 fully saturated rings. The largest absolute Gasteiger partial charge is 0.447 e. The molecule has 0 aromatic carbocycles. The van der Waals surface area contributed by atoms with E-state index in [2.05, 4.69) is 19.2 Å². The van der Waals surface area contributed by atoms with Crippen LogP contribution < -0.4 is 5.32 Å². The molecule has 1 aliphatic heterocycles.